The van der Waals surface area contributed by atoms with Crippen LogP contribution in [0.4, 0.5) is 17.3 Å². The number of hydrogen-bond donors (Lipinski definition) is 2. The Morgan fingerprint density at radius 3 is 2.67 bits per heavy atom. The molecule has 2 aromatic heterocycles. The molecule has 0 bridgehead atoms. The molecular formula is C19H18ClN5O2. The molecule has 0 spiro atoms. The number of hydrogen-bond acceptors (Lipinski definition) is 6. The van der Waals surface area contributed by atoms with Crippen LogP contribution in [0, 0.1) is 0 Å². The van der Waals surface area contributed by atoms with Gasteiger partial charge < -0.3 is 20.7 Å². The number of amides is 1. The highest BCUT2D eigenvalue weighted by atomic mass is 35.5. The molecule has 3 aromatic rings. The van der Waals surface area contributed by atoms with Crippen molar-refractivity contribution in [2.24, 2.45) is 0 Å². The fourth-order valence-corrected chi connectivity index (χ4v) is 2.55. The largest absolute Gasteiger partial charge is 0.456 e. The number of nitrogens with zero attached hydrogens (tertiary/aromatic N) is 3. The summed E-state index contributed by atoms with van der Waals surface area (Å²) in [7, 11) is 3.38. The van der Waals surface area contributed by atoms with Crippen molar-refractivity contribution < 1.29 is 9.53 Å². The van der Waals surface area contributed by atoms with Crippen molar-refractivity contribution in [3.63, 3.8) is 0 Å². The number of ether oxygens (including phenoxy) is 1. The normalized spacial score (nSPS) is 10.3. The predicted octanol–water partition coefficient (Wildman–Crippen LogP) is 3.95. The van der Waals surface area contributed by atoms with Crippen molar-refractivity contribution in [1.82, 2.24) is 14.9 Å². The van der Waals surface area contributed by atoms with Gasteiger partial charge in [0, 0.05) is 38.2 Å². The number of carbonyl (C=O) groups excluding carboxylic acids is 1. The molecule has 0 saturated heterocycles. The molecular weight excluding hydrogens is 366 g/mol. The van der Waals surface area contributed by atoms with E-state index in [1.54, 1.807) is 69.0 Å². The van der Waals surface area contributed by atoms with Crippen LogP contribution in [-0.4, -0.2) is 34.9 Å². The highest BCUT2D eigenvalue weighted by Gasteiger charge is 2.14. The average Bonchev–Trinajstić information content (AvgIpc) is 2.64. The van der Waals surface area contributed by atoms with E-state index in [2.05, 4.69) is 15.3 Å². The molecule has 0 fully saturated rings. The molecule has 0 aliphatic carbocycles. The summed E-state index contributed by atoms with van der Waals surface area (Å²) in [4.78, 5) is 22.0. The van der Waals surface area contributed by atoms with Crippen LogP contribution in [0.5, 0.6) is 11.5 Å². The Hall–Kier alpha value is -3.32. The molecule has 7 nitrogen and oxygen atoms in total. The second-order valence-corrected chi connectivity index (χ2v) is 6.30. The molecule has 27 heavy (non-hydrogen) atoms. The Balaban J connectivity index is 1.82. The minimum Gasteiger partial charge on any atom is -0.456 e. The van der Waals surface area contributed by atoms with Gasteiger partial charge in [0.1, 0.15) is 23.1 Å². The zero-order valence-electron chi connectivity index (χ0n) is 14.8. The van der Waals surface area contributed by atoms with Gasteiger partial charge in [-0.25, -0.2) is 9.97 Å². The quantitative estimate of drug-likeness (QED) is 0.692. The van der Waals surface area contributed by atoms with Gasteiger partial charge in [-0.2, -0.15) is 0 Å². The fourth-order valence-electron chi connectivity index (χ4n) is 2.33. The van der Waals surface area contributed by atoms with Crippen molar-refractivity contribution in [3.8, 4) is 11.5 Å². The lowest BCUT2D eigenvalue weighted by atomic mass is 10.2. The first-order chi connectivity index (χ1) is 12.9. The van der Waals surface area contributed by atoms with E-state index in [1.165, 1.54) is 4.90 Å². The monoisotopic (exact) mass is 383 g/mol. The molecule has 0 unspecified atom stereocenters. The number of carbonyl (C=O) groups is 1. The summed E-state index contributed by atoms with van der Waals surface area (Å²) in [6.45, 7) is 0. The van der Waals surface area contributed by atoms with E-state index in [9.17, 15) is 4.79 Å². The summed E-state index contributed by atoms with van der Waals surface area (Å²) < 4.78 is 5.73. The minimum atomic E-state index is -0.146. The lowest BCUT2D eigenvalue weighted by molar-refractivity contribution is 0.0828. The zero-order chi connectivity index (χ0) is 19.4. The Morgan fingerprint density at radius 2 is 1.96 bits per heavy atom. The van der Waals surface area contributed by atoms with Crippen LogP contribution in [0.15, 0.2) is 54.9 Å². The Labute approximate surface area is 161 Å². The maximum Gasteiger partial charge on any atom is 0.257 e. The number of pyridine rings is 2. The third-order valence-electron chi connectivity index (χ3n) is 3.62. The number of nitrogen functional groups attached to an aromatic ring is 1. The first-order valence-electron chi connectivity index (χ1n) is 8.06. The number of rotatable bonds is 5. The maximum absolute atomic E-state index is 12.3. The van der Waals surface area contributed by atoms with Gasteiger partial charge >= 0.3 is 0 Å². The summed E-state index contributed by atoms with van der Waals surface area (Å²) in [5.41, 5.74) is 6.79. The van der Waals surface area contributed by atoms with E-state index >= 15 is 0 Å². The summed E-state index contributed by atoms with van der Waals surface area (Å²) in [6, 6.07) is 11.9. The molecule has 1 amide bonds. The Bertz CT molecular complexity index is 978. The molecule has 138 valence electrons. The lowest BCUT2D eigenvalue weighted by Crippen LogP contribution is -2.22. The number of nitrogens with two attached hydrogens (primary N) is 1. The van der Waals surface area contributed by atoms with Gasteiger partial charge in [-0.1, -0.05) is 11.6 Å². The SMILES string of the molecule is CN(C)C(=O)c1cccnc1Nc1ccc(Oc2ccnc(N)c2)c(Cl)c1. The van der Waals surface area contributed by atoms with Gasteiger partial charge in [0.25, 0.3) is 5.91 Å². The topological polar surface area (TPSA) is 93.4 Å². The fraction of sp³-hybridized carbons (Fsp3) is 0.105. The van der Waals surface area contributed by atoms with E-state index < -0.39 is 0 Å². The molecule has 0 aliphatic rings. The van der Waals surface area contributed by atoms with E-state index in [-0.39, 0.29) is 5.91 Å². The smallest absolute Gasteiger partial charge is 0.257 e. The van der Waals surface area contributed by atoms with Gasteiger partial charge in [-0.15, -0.1) is 0 Å². The molecule has 3 N–H and O–H groups in total. The van der Waals surface area contributed by atoms with E-state index in [0.29, 0.717) is 39.4 Å². The Kier molecular flexibility index (Phi) is 5.42. The minimum absolute atomic E-state index is 0.146. The first kappa shape index (κ1) is 18.5. The molecule has 0 radical (unpaired) electrons. The third kappa shape index (κ3) is 4.45. The second kappa shape index (κ2) is 7.92. The maximum atomic E-state index is 12.3. The standard InChI is InChI=1S/C19H18ClN5O2/c1-25(2)19(26)14-4-3-8-23-18(14)24-12-5-6-16(15(20)10-12)27-13-7-9-22-17(21)11-13/h3-11H,1-2H3,(H2,21,22)(H,23,24). The van der Waals surface area contributed by atoms with Crippen LogP contribution in [0.3, 0.4) is 0 Å². The van der Waals surface area contributed by atoms with Crippen molar-refractivity contribution in [2.45, 2.75) is 0 Å². The van der Waals surface area contributed by atoms with Crippen molar-refractivity contribution >= 4 is 34.8 Å². The highest BCUT2D eigenvalue weighted by molar-refractivity contribution is 6.32. The second-order valence-electron chi connectivity index (χ2n) is 5.89. The van der Waals surface area contributed by atoms with Gasteiger partial charge in [0.2, 0.25) is 0 Å². The van der Waals surface area contributed by atoms with Gasteiger partial charge in [-0.3, -0.25) is 4.79 Å². The van der Waals surface area contributed by atoms with Gasteiger partial charge in [-0.05, 0) is 36.4 Å². The summed E-state index contributed by atoms with van der Waals surface area (Å²) >= 11 is 6.33. The van der Waals surface area contributed by atoms with E-state index in [1.807, 2.05) is 0 Å². The van der Waals surface area contributed by atoms with Crippen LogP contribution in [0.2, 0.25) is 5.02 Å². The molecule has 1 aromatic carbocycles. The third-order valence-corrected chi connectivity index (χ3v) is 3.91. The summed E-state index contributed by atoms with van der Waals surface area (Å²) in [5, 5.41) is 3.52. The van der Waals surface area contributed by atoms with E-state index in [0.717, 1.165) is 0 Å². The molecule has 0 saturated carbocycles. The van der Waals surface area contributed by atoms with Crippen molar-refractivity contribution in [3.05, 3.63) is 65.4 Å². The number of aromatic nitrogens is 2. The molecule has 2 heterocycles. The lowest BCUT2D eigenvalue weighted by Gasteiger charge is -2.15. The zero-order valence-corrected chi connectivity index (χ0v) is 15.6. The van der Waals surface area contributed by atoms with Crippen LogP contribution < -0.4 is 15.8 Å². The van der Waals surface area contributed by atoms with Crippen molar-refractivity contribution in [1.29, 1.82) is 0 Å². The molecule has 0 atom stereocenters. The highest BCUT2D eigenvalue weighted by Crippen LogP contribution is 2.33. The Morgan fingerprint density at radius 1 is 1.15 bits per heavy atom. The molecule has 0 aliphatic heterocycles. The average molecular weight is 384 g/mol. The predicted molar refractivity (Wildman–Crippen MR) is 106 cm³/mol. The number of anilines is 3. The molecule has 3 rings (SSSR count). The summed E-state index contributed by atoms with van der Waals surface area (Å²) in [6.07, 6.45) is 3.17. The van der Waals surface area contributed by atoms with Crippen LogP contribution in [0.1, 0.15) is 10.4 Å². The molecule has 8 heteroatoms. The van der Waals surface area contributed by atoms with Gasteiger partial charge in [0.15, 0.2) is 0 Å². The summed E-state index contributed by atoms with van der Waals surface area (Å²) in [5.74, 6) is 1.66. The van der Waals surface area contributed by atoms with Crippen LogP contribution >= 0.6 is 11.6 Å². The van der Waals surface area contributed by atoms with E-state index in [4.69, 9.17) is 22.1 Å². The van der Waals surface area contributed by atoms with Crippen LogP contribution in [-0.2, 0) is 0 Å². The van der Waals surface area contributed by atoms with Crippen molar-refractivity contribution in [2.75, 3.05) is 25.1 Å². The van der Waals surface area contributed by atoms with Crippen LogP contribution in [0.25, 0.3) is 0 Å². The van der Waals surface area contributed by atoms with Gasteiger partial charge in [0.05, 0.1) is 10.6 Å². The number of nitrogens with one attached hydrogen (secondary N) is 1. The first-order valence-corrected chi connectivity index (χ1v) is 8.44. The number of halogens is 1. The number of benzene rings is 1.